The number of para-hydroxylation sites is 1. The van der Waals surface area contributed by atoms with Crippen molar-refractivity contribution in [3.63, 3.8) is 0 Å². The monoisotopic (exact) mass is 512 g/mol. The van der Waals surface area contributed by atoms with Crippen molar-refractivity contribution >= 4 is 33.4 Å². The second-order valence-electron chi connectivity index (χ2n) is 7.99. The van der Waals surface area contributed by atoms with E-state index in [1.54, 1.807) is 42.5 Å². The molecule has 0 fully saturated rings. The topological polar surface area (TPSA) is 75.7 Å². The molecule has 8 heteroatoms. The Morgan fingerprint density at radius 3 is 2.31 bits per heavy atom. The molecule has 186 valence electrons. The SMILES string of the molecule is CCOc1ccc(S(=O)(=O)N(CC(=O)NCCCSCc2ccc(C)cc2)c2ccccc2)cc1. The van der Waals surface area contributed by atoms with E-state index in [9.17, 15) is 13.2 Å². The third kappa shape index (κ3) is 8.04. The van der Waals surface area contributed by atoms with Gasteiger partial charge in [-0.15, -0.1) is 0 Å². The zero-order valence-corrected chi connectivity index (χ0v) is 21.8. The van der Waals surface area contributed by atoms with Gasteiger partial charge in [-0.2, -0.15) is 11.8 Å². The molecule has 0 atom stereocenters. The lowest BCUT2D eigenvalue weighted by atomic mass is 10.2. The van der Waals surface area contributed by atoms with E-state index in [1.807, 2.05) is 18.7 Å². The van der Waals surface area contributed by atoms with Crippen molar-refractivity contribution in [2.45, 2.75) is 30.9 Å². The average molecular weight is 513 g/mol. The van der Waals surface area contributed by atoms with E-state index in [1.165, 1.54) is 23.3 Å². The summed E-state index contributed by atoms with van der Waals surface area (Å²) in [7, 11) is -3.94. The lowest BCUT2D eigenvalue weighted by Gasteiger charge is -2.24. The van der Waals surface area contributed by atoms with E-state index in [-0.39, 0.29) is 17.3 Å². The molecule has 0 aliphatic rings. The zero-order chi connectivity index (χ0) is 25.1. The first-order chi connectivity index (χ1) is 16.9. The van der Waals surface area contributed by atoms with Gasteiger partial charge in [0.15, 0.2) is 0 Å². The first-order valence-corrected chi connectivity index (χ1v) is 14.2. The molecule has 3 rings (SSSR count). The maximum absolute atomic E-state index is 13.4. The molecule has 0 spiro atoms. The summed E-state index contributed by atoms with van der Waals surface area (Å²) in [4.78, 5) is 12.8. The highest BCUT2D eigenvalue weighted by Crippen LogP contribution is 2.25. The van der Waals surface area contributed by atoms with Gasteiger partial charge < -0.3 is 10.1 Å². The minimum atomic E-state index is -3.94. The molecule has 35 heavy (non-hydrogen) atoms. The molecule has 0 heterocycles. The van der Waals surface area contributed by atoms with Crippen LogP contribution in [0.5, 0.6) is 5.75 Å². The van der Waals surface area contributed by atoms with Crippen molar-refractivity contribution in [1.29, 1.82) is 0 Å². The van der Waals surface area contributed by atoms with Crippen molar-refractivity contribution in [2.75, 3.05) is 29.8 Å². The first kappa shape index (κ1) is 26.6. The van der Waals surface area contributed by atoms with Crippen LogP contribution in [0.25, 0.3) is 0 Å². The number of hydrogen-bond acceptors (Lipinski definition) is 5. The Labute approximate surface area is 212 Å². The van der Waals surface area contributed by atoms with Crippen LogP contribution < -0.4 is 14.4 Å². The van der Waals surface area contributed by atoms with Gasteiger partial charge in [-0.25, -0.2) is 8.42 Å². The third-order valence-electron chi connectivity index (χ3n) is 5.23. The highest BCUT2D eigenvalue weighted by Gasteiger charge is 2.27. The van der Waals surface area contributed by atoms with Crippen molar-refractivity contribution in [1.82, 2.24) is 5.32 Å². The summed E-state index contributed by atoms with van der Waals surface area (Å²) < 4.78 is 33.4. The van der Waals surface area contributed by atoms with Gasteiger partial charge in [0.05, 0.1) is 17.2 Å². The van der Waals surface area contributed by atoms with Gasteiger partial charge in [-0.3, -0.25) is 9.10 Å². The molecule has 0 aromatic heterocycles. The fraction of sp³-hybridized carbons (Fsp3) is 0.296. The molecule has 3 aromatic rings. The third-order valence-corrected chi connectivity index (χ3v) is 8.13. The summed E-state index contributed by atoms with van der Waals surface area (Å²) in [5.74, 6) is 2.08. The number of amides is 1. The van der Waals surface area contributed by atoms with E-state index < -0.39 is 10.0 Å². The normalized spacial score (nSPS) is 11.1. The summed E-state index contributed by atoms with van der Waals surface area (Å²) in [6.07, 6.45) is 0.805. The van der Waals surface area contributed by atoms with Gasteiger partial charge in [0, 0.05) is 12.3 Å². The van der Waals surface area contributed by atoms with Crippen LogP contribution in [0.2, 0.25) is 0 Å². The van der Waals surface area contributed by atoms with Crippen molar-refractivity contribution in [3.8, 4) is 5.75 Å². The van der Waals surface area contributed by atoms with Crippen LogP contribution >= 0.6 is 11.8 Å². The standard InChI is InChI=1S/C27H32N2O4S2/c1-3-33-25-14-16-26(17-15-25)35(31,32)29(24-8-5-4-6-9-24)20-27(30)28-18-7-19-34-21-23-12-10-22(2)11-13-23/h4-6,8-17H,3,7,18-21H2,1-2H3,(H,28,30). The fourth-order valence-corrected chi connectivity index (χ4v) is 5.72. The summed E-state index contributed by atoms with van der Waals surface area (Å²) in [5.41, 5.74) is 2.96. The molecule has 0 unspecified atom stereocenters. The Hall–Kier alpha value is -2.97. The van der Waals surface area contributed by atoms with Crippen LogP contribution in [0.4, 0.5) is 5.69 Å². The smallest absolute Gasteiger partial charge is 0.264 e. The van der Waals surface area contributed by atoms with Crippen LogP contribution in [-0.2, 0) is 20.6 Å². The van der Waals surface area contributed by atoms with Gasteiger partial charge >= 0.3 is 0 Å². The van der Waals surface area contributed by atoms with Crippen LogP contribution in [0.1, 0.15) is 24.5 Å². The number of nitrogens with one attached hydrogen (secondary N) is 1. The molecule has 0 saturated carbocycles. The molecule has 1 N–H and O–H groups in total. The quantitative estimate of drug-likeness (QED) is 0.325. The van der Waals surface area contributed by atoms with Crippen LogP contribution in [-0.4, -0.2) is 39.8 Å². The van der Waals surface area contributed by atoms with Gasteiger partial charge in [0.1, 0.15) is 12.3 Å². The summed E-state index contributed by atoms with van der Waals surface area (Å²) in [6.45, 7) is 4.62. The Kier molecular flexibility index (Phi) is 10.0. The number of rotatable bonds is 13. The number of carbonyl (C=O) groups is 1. The minimum absolute atomic E-state index is 0.102. The largest absolute Gasteiger partial charge is 0.494 e. The summed E-state index contributed by atoms with van der Waals surface area (Å²) >= 11 is 1.81. The van der Waals surface area contributed by atoms with E-state index >= 15 is 0 Å². The van der Waals surface area contributed by atoms with Crippen LogP contribution in [0.3, 0.4) is 0 Å². The van der Waals surface area contributed by atoms with Gasteiger partial charge in [0.2, 0.25) is 5.91 Å². The van der Waals surface area contributed by atoms with Crippen molar-refractivity contribution in [3.05, 3.63) is 90.0 Å². The van der Waals surface area contributed by atoms with Crippen LogP contribution in [0, 0.1) is 6.92 Å². The highest BCUT2D eigenvalue weighted by molar-refractivity contribution is 7.98. The van der Waals surface area contributed by atoms with E-state index in [4.69, 9.17) is 4.74 Å². The minimum Gasteiger partial charge on any atom is -0.494 e. The van der Waals surface area contributed by atoms with Gasteiger partial charge in [-0.1, -0.05) is 48.0 Å². The van der Waals surface area contributed by atoms with E-state index in [2.05, 4.69) is 36.5 Å². The van der Waals surface area contributed by atoms with E-state index in [0.29, 0.717) is 24.6 Å². The number of hydrogen-bond donors (Lipinski definition) is 1. The van der Waals surface area contributed by atoms with Crippen molar-refractivity contribution in [2.24, 2.45) is 0 Å². The van der Waals surface area contributed by atoms with E-state index in [0.717, 1.165) is 22.2 Å². The number of nitrogens with zero attached hydrogens (tertiary/aromatic N) is 1. The Balaban J connectivity index is 1.56. The number of benzene rings is 3. The molecular weight excluding hydrogens is 480 g/mol. The first-order valence-electron chi connectivity index (χ1n) is 11.6. The number of sulfonamides is 1. The van der Waals surface area contributed by atoms with Gasteiger partial charge in [0.25, 0.3) is 10.0 Å². The fourth-order valence-electron chi connectivity index (χ4n) is 3.37. The Morgan fingerprint density at radius 2 is 1.66 bits per heavy atom. The molecule has 3 aromatic carbocycles. The van der Waals surface area contributed by atoms with Crippen LogP contribution in [0.15, 0.2) is 83.8 Å². The second kappa shape index (κ2) is 13.2. The maximum atomic E-state index is 13.4. The second-order valence-corrected chi connectivity index (χ2v) is 11.0. The highest BCUT2D eigenvalue weighted by atomic mass is 32.2. The molecule has 0 aliphatic heterocycles. The lowest BCUT2D eigenvalue weighted by molar-refractivity contribution is -0.119. The number of thioether (sulfide) groups is 1. The zero-order valence-electron chi connectivity index (χ0n) is 20.1. The maximum Gasteiger partial charge on any atom is 0.264 e. The number of ether oxygens (including phenoxy) is 1. The predicted molar refractivity (Wildman–Crippen MR) is 144 cm³/mol. The number of anilines is 1. The number of aryl methyl sites for hydroxylation is 1. The molecule has 6 nitrogen and oxygen atoms in total. The summed E-state index contributed by atoms with van der Waals surface area (Å²) in [6, 6.07) is 23.4. The Morgan fingerprint density at radius 1 is 0.971 bits per heavy atom. The predicted octanol–water partition coefficient (Wildman–Crippen LogP) is 5.03. The molecule has 0 aliphatic carbocycles. The number of carbonyl (C=O) groups excluding carboxylic acids is 1. The molecule has 1 amide bonds. The lowest BCUT2D eigenvalue weighted by Crippen LogP contribution is -2.41. The van der Waals surface area contributed by atoms with Gasteiger partial charge in [-0.05, 0) is 68.0 Å². The molecular formula is C27H32N2O4S2. The molecule has 0 bridgehead atoms. The molecule has 0 saturated heterocycles. The van der Waals surface area contributed by atoms with Crippen molar-refractivity contribution < 1.29 is 17.9 Å². The molecule has 0 radical (unpaired) electrons. The summed E-state index contributed by atoms with van der Waals surface area (Å²) in [5, 5.41) is 2.86. The average Bonchev–Trinajstić information content (AvgIpc) is 2.87. The Bertz CT molecular complexity index is 1170.